The lowest BCUT2D eigenvalue weighted by Crippen LogP contribution is -2.30. The summed E-state index contributed by atoms with van der Waals surface area (Å²) >= 11 is 0. The molecule has 0 fully saturated rings. The molecule has 5 nitrogen and oxygen atoms in total. The van der Waals surface area contributed by atoms with Crippen LogP contribution < -0.4 is 5.73 Å². The van der Waals surface area contributed by atoms with Crippen molar-refractivity contribution < 1.29 is 28.2 Å². The first-order valence-electron chi connectivity index (χ1n) is 5.30. The summed E-state index contributed by atoms with van der Waals surface area (Å²) in [5, 5.41) is 8.82. The van der Waals surface area contributed by atoms with Gasteiger partial charge in [0.25, 0.3) is 0 Å². The largest absolute Gasteiger partial charge is 0.481 e. The van der Waals surface area contributed by atoms with E-state index in [1.807, 2.05) is 0 Å². The molecule has 0 radical (unpaired) electrons. The van der Waals surface area contributed by atoms with Gasteiger partial charge in [0.05, 0.1) is 16.7 Å². The van der Waals surface area contributed by atoms with E-state index in [1.54, 1.807) is 0 Å². The van der Waals surface area contributed by atoms with E-state index in [-0.39, 0.29) is 0 Å². The number of ether oxygens (including phenoxy) is 1. The van der Waals surface area contributed by atoms with Crippen LogP contribution >= 0.6 is 0 Å². The molecular formula is C12H13F2NO4. The van der Waals surface area contributed by atoms with Gasteiger partial charge in [0.2, 0.25) is 0 Å². The number of rotatable bonds is 4. The summed E-state index contributed by atoms with van der Waals surface area (Å²) in [6, 6.07) is 1.27. The molecule has 1 aromatic rings. The third-order valence-corrected chi connectivity index (χ3v) is 2.45. The molecular weight excluding hydrogens is 260 g/mol. The molecule has 0 aromatic heterocycles. The van der Waals surface area contributed by atoms with Crippen LogP contribution in [0.15, 0.2) is 12.1 Å². The smallest absolute Gasteiger partial charge is 0.341 e. The monoisotopic (exact) mass is 273 g/mol. The Morgan fingerprint density at radius 3 is 2.42 bits per heavy atom. The van der Waals surface area contributed by atoms with Crippen LogP contribution in [0.1, 0.15) is 24.2 Å². The number of hydrogen-bond donors (Lipinski definition) is 2. The number of carbonyl (C=O) groups is 2. The van der Waals surface area contributed by atoms with Gasteiger partial charge < -0.3 is 15.6 Å². The fourth-order valence-corrected chi connectivity index (χ4v) is 1.10. The molecule has 0 saturated heterocycles. The maximum Gasteiger partial charge on any atom is 0.341 e. The molecule has 0 bridgehead atoms. The zero-order valence-corrected chi connectivity index (χ0v) is 10.4. The summed E-state index contributed by atoms with van der Waals surface area (Å²) in [4.78, 5) is 22.3. The van der Waals surface area contributed by atoms with Gasteiger partial charge in [-0.2, -0.15) is 0 Å². The van der Waals surface area contributed by atoms with Gasteiger partial charge in [-0.1, -0.05) is 0 Å². The van der Waals surface area contributed by atoms with E-state index >= 15 is 0 Å². The highest BCUT2D eigenvalue weighted by Crippen LogP contribution is 2.20. The Morgan fingerprint density at radius 2 is 1.89 bits per heavy atom. The summed E-state index contributed by atoms with van der Waals surface area (Å²) < 4.78 is 31.2. The highest BCUT2D eigenvalue weighted by Gasteiger charge is 2.29. The zero-order valence-electron chi connectivity index (χ0n) is 10.4. The molecule has 0 atom stereocenters. The highest BCUT2D eigenvalue weighted by molar-refractivity contribution is 5.90. The number of anilines is 1. The van der Waals surface area contributed by atoms with Crippen molar-refractivity contribution in [1.82, 2.24) is 0 Å². The van der Waals surface area contributed by atoms with Crippen molar-refractivity contribution in [3.05, 3.63) is 29.3 Å². The fraction of sp³-hybridized carbons (Fsp3) is 0.333. The Balaban J connectivity index is 2.86. The van der Waals surface area contributed by atoms with Crippen LogP contribution in [0.3, 0.4) is 0 Å². The van der Waals surface area contributed by atoms with Gasteiger partial charge in [-0.15, -0.1) is 0 Å². The van der Waals surface area contributed by atoms with Crippen LogP contribution in [0.4, 0.5) is 14.5 Å². The van der Waals surface area contributed by atoms with Crippen LogP contribution in [0.2, 0.25) is 0 Å². The van der Waals surface area contributed by atoms with Crippen molar-refractivity contribution in [2.75, 3.05) is 12.3 Å². The second kappa shape index (κ2) is 5.21. The number of hydrogen-bond acceptors (Lipinski definition) is 4. The third-order valence-electron chi connectivity index (χ3n) is 2.45. The first-order chi connectivity index (χ1) is 8.65. The minimum Gasteiger partial charge on any atom is -0.481 e. The van der Waals surface area contributed by atoms with Gasteiger partial charge >= 0.3 is 11.9 Å². The second-order valence-electron chi connectivity index (χ2n) is 4.62. The molecule has 0 unspecified atom stereocenters. The molecule has 0 amide bonds. The molecule has 0 aliphatic carbocycles. The van der Waals surface area contributed by atoms with Gasteiger partial charge in [-0.3, -0.25) is 4.79 Å². The summed E-state index contributed by atoms with van der Waals surface area (Å²) in [7, 11) is 0. The summed E-state index contributed by atoms with van der Waals surface area (Å²) in [6.45, 7) is 2.21. The predicted octanol–water partition coefficient (Wildman–Crippen LogP) is 1.81. The van der Waals surface area contributed by atoms with Crippen LogP contribution in [-0.2, 0) is 9.53 Å². The molecule has 3 N–H and O–H groups in total. The lowest BCUT2D eigenvalue weighted by Gasteiger charge is -2.18. The summed E-state index contributed by atoms with van der Waals surface area (Å²) in [5.41, 5.74) is 2.74. The Bertz CT molecular complexity index is 529. The lowest BCUT2D eigenvalue weighted by atomic mass is 9.95. The Labute approximate surface area is 108 Å². The number of carboxylic acid groups (broad SMARTS) is 1. The SMILES string of the molecule is CC(C)(COC(=O)c1cc(F)c(N)cc1F)C(=O)O. The molecule has 0 saturated carbocycles. The van der Waals surface area contributed by atoms with E-state index in [1.165, 1.54) is 13.8 Å². The van der Waals surface area contributed by atoms with E-state index in [4.69, 9.17) is 10.8 Å². The average Bonchev–Trinajstić information content (AvgIpc) is 2.30. The number of halogens is 2. The quantitative estimate of drug-likeness (QED) is 0.645. The Morgan fingerprint density at radius 1 is 1.32 bits per heavy atom. The summed E-state index contributed by atoms with van der Waals surface area (Å²) in [5.74, 6) is -4.31. The molecule has 0 heterocycles. The van der Waals surface area contributed by atoms with E-state index in [0.29, 0.717) is 12.1 Å². The van der Waals surface area contributed by atoms with Crippen molar-refractivity contribution in [3.63, 3.8) is 0 Å². The first kappa shape index (κ1) is 14.9. The highest BCUT2D eigenvalue weighted by atomic mass is 19.1. The van der Waals surface area contributed by atoms with E-state index < -0.39 is 46.8 Å². The number of esters is 1. The standard InChI is InChI=1S/C12H13F2NO4/c1-12(2,11(17)18)5-19-10(16)6-3-8(14)9(15)4-7(6)13/h3-4H,5,15H2,1-2H3,(H,17,18). The van der Waals surface area contributed by atoms with E-state index in [9.17, 15) is 18.4 Å². The predicted molar refractivity (Wildman–Crippen MR) is 62.5 cm³/mol. The molecule has 1 aromatic carbocycles. The number of nitrogens with two attached hydrogens (primary N) is 1. The number of carbonyl (C=O) groups excluding carboxylic acids is 1. The minimum absolute atomic E-state index is 0.431. The summed E-state index contributed by atoms with van der Waals surface area (Å²) in [6.07, 6.45) is 0. The Kier molecular flexibility index (Phi) is 4.08. The van der Waals surface area contributed by atoms with Crippen molar-refractivity contribution in [1.29, 1.82) is 0 Å². The molecule has 1 rings (SSSR count). The maximum absolute atomic E-state index is 13.4. The minimum atomic E-state index is -1.32. The van der Waals surface area contributed by atoms with Crippen LogP contribution in [-0.4, -0.2) is 23.7 Å². The van der Waals surface area contributed by atoms with Gasteiger partial charge in [0.15, 0.2) is 0 Å². The van der Waals surface area contributed by atoms with E-state index in [2.05, 4.69) is 4.74 Å². The van der Waals surface area contributed by atoms with Crippen LogP contribution in [0, 0.1) is 17.0 Å². The molecule has 0 aliphatic rings. The van der Waals surface area contributed by atoms with Crippen molar-refractivity contribution >= 4 is 17.6 Å². The second-order valence-corrected chi connectivity index (χ2v) is 4.62. The van der Waals surface area contributed by atoms with Crippen LogP contribution in [0.5, 0.6) is 0 Å². The van der Waals surface area contributed by atoms with Gasteiger partial charge in [-0.05, 0) is 19.9 Å². The molecule has 19 heavy (non-hydrogen) atoms. The van der Waals surface area contributed by atoms with E-state index in [0.717, 1.165) is 0 Å². The van der Waals surface area contributed by atoms with Crippen molar-refractivity contribution in [3.8, 4) is 0 Å². The lowest BCUT2D eigenvalue weighted by molar-refractivity contribution is -0.149. The molecule has 0 spiro atoms. The first-order valence-corrected chi connectivity index (χ1v) is 5.30. The normalized spacial score (nSPS) is 11.2. The van der Waals surface area contributed by atoms with Crippen molar-refractivity contribution in [2.45, 2.75) is 13.8 Å². The molecule has 104 valence electrons. The van der Waals surface area contributed by atoms with Crippen LogP contribution in [0.25, 0.3) is 0 Å². The maximum atomic E-state index is 13.4. The number of nitrogen functional groups attached to an aromatic ring is 1. The Hall–Kier alpha value is -2.18. The average molecular weight is 273 g/mol. The van der Waals surface area contributed by atoms with Crippen molar-refractivity contribution in [2.24, 2.45) is 5.41 Å². The third kappa shape index (κ3) is 3.40. The number of benzene rings is 1. The number of aliphatic carboxylic acids is 1. The molecule has 0 aliphatic heterocycles. The molecule has 7 heteroatoms. The number of carboxylic acids is 1. The van der Waals surface area contributed by atoms with Gasteiger partial charge in [-0.25, -0.2) is 13.6 Å². The van der Waals surface area contributed by atoms with Gasteiger partial charge in [0, 0.05) is 6.07 Å². The van der Waals surface area contributed by atoms with Gasteiger partial charge in [0.1, 0.15) is 18.2 Å². The topological polar surface area (TPSA) is 89.6 Å². The zero-order chi connectivity index (χ0) is 14.8. The fourth-order valence-electron chi connectivity index (χ4n) is 1.10.